The van der Waals surface area contributed by atoms with Gasteiger partial charge in [0.05, 0.1) is 12.4 Å². The van der Waals surface area contributed by atoms with Crippen molar-refractivity contribution in [3.8, 4) is 5.75 Å². The molecule has 1 fully saturated rings. The molecule has 0 aliphatic heterocycles. The summed E-state index contributed by atoms with van der Waals surface area (Å²) in [5.41, 5.74) is 0.836. The first kappa shape index (κ1) is 15.2. The van der Waals surface area contributed by atoms with E-state index in [2.05, 4.69) is 5.32 Å². The fraction of sp³-hybridized carbons (Fsp3) is 0.562. The fourth-order valence-corrected chi connectivity index (χ4v) is 3.55. The molecule has 20 heavy (non-hydrogen) atoms. The normalized spacial score (nSPS) is 15.8. The Morgan fingerprint density at radius 3 is 2.60 bits per heavy atom. The van der Waals surface area contributed by atoms with Crippen LogP contribution in [0.2, 0.25) is 0 Å². The average molecular weight is 293 g/mol. The second-order valence-corrected chi connectivity index (χ2v) is 6.37. The van der Waals surface area contributed by atoms with E-state index < -0.39 is 0 Å². The summed E-state index contributed by atoms with van der Waals surface area (Å²) in [6, 6.07) is 7.53. The lowest BCUT2D eigenvalue weighted by Gasteiger charge is -2.20. The highest BCUT2D eigenvalue weighted by Crippen LogP contribution is 2.28. The highest BCUT2D eigenvalue weighted by Gasteiger charge is 2.15. The van der Waals surface area contributed by atoms with Crippen LogP contribution >= 0.6 is 11.8 Å². The molecule has 0 unspecified atom stereocenters. The lowest BCUT2D eigenvalue weighted by molar-refractivity contribution is -0.113. The summed E-state index contributed by atoms with van der Waals surface area (Å²) in [5.74, 6) is 1.48. The molecular formula is C16H23NO2S. The molecule has 0 bridgehead atoms. The van der Waals surface area contributed by atoms with E-state index in [-0.39, 0.29) is 5.91 Å². The third-order valence-electron chi connectivity index (χ3n) is 3.45. The maximum atomic E-state index is 11.9. The molecule has 2 rings (SSSR count). The third kappa shape index (κ3) is 5.08. The molecule has 1 saturated carbocycles. The summed E-state index contributed by atoms with van der Waals surface area (Å²) in [7, 11) is 0. The Hall–Kier alpha value is -1.16. The monoisotopic (exact) mass is 293 g/mol. The molecule has 0 heterocycles. The second kappa shape index (κ2) is 8.20. The lowest BCUT2D eigenvalue weighted by atomic mass is 10.0. The first-order chi connectivity index (χ1) is 9.78. The summed E-state index contributed by atoms with van der Waals surface area (Å²) in [5, 5.41) is 3.61. The third-order valence-corrected chi connectivity index (χ3v) is 4.82. The van der Waals surface area contributed by atoms with E-state index in [1.807, 2.05) is 31.2 Å². The number of benzene rings is 1. The van der Waals surface area contributed by atoms with Gasteiger partial charge in [-0.3, -0.25) is 4.79 Å². The zero-order chi connectivity index (χ0) is 14.2. The second-order valence-electron chi connectivity index (χ2n) is 5.08. The zero-order valence-corrected chi connectivity index (χ0v) is 12.9. The molecule has 110 valence electrons. The topological polar surface area (TPSA) is 38.3 Å². The van der Waals surface area contributed by atoms with E-state index in [0.717, 1.165) is 11.4 Å². The van der Waals surface area contributed by atoms with Crippen molar-refractivity contribution in [1.82, 2.24) is 0 Å². The first-order valence-electron chi connectivity index (χ1n) is 7.42. The van der Waals surface area contributed by atoms with Gasteiger partial charge in [0.1, 0.15) is 5.75 Å². The van der Waals surface area contributed by atoms with Crippen LogP contribution < -0.4 is 10.1 Å². The van der Waals surface area contributed by atoms with Crippen LogP contribution in [0.5, 0.6) is 5.75 Å². The largest absolute Gasteiger partial charge is 0.494 e. The van der Waals surface area contributed by atoms with Crippen molar-refractivity contribution in [3.05, 3.63) is 24.3 Å². The summed E-state index contributed by atoms with van der Waals surface area (Å²) >= 11 is 1.80. The predicted octanol–water partition coefficient (Wildman–Crippen LogP) is 4.09. The van der Waals surface area contributed by atoms with Crippen LogP contribution in [0.4, 0.5) is 5.69 Å². The van der Waals surface area contributed by atoms with Gasteiger partial charge in [0.15, 0.2) is 0 Å². The number of carbonyl (C=O) groups excluding carboxylic acids is 1. The van der Waals surface area contributed by atoms with Crippen LogP contribution in [0, 0.1) is 0 Å². The van der Waals surface area contributed by atoms with E-state index in [9.17, 15) is 4.79 Å². The molecule has 1 aromatic rings. The SMILES string of the molecule is CCOc1ccc(NC(=O)CSC2CCCCC2)cc1. The summed E-state index contributed by atoms with van der Waals surface area (Å²) in [4.78, 5) is 11.9. The Morgan fingerprint density at radius 2 is 1.95 bits per heavy atom. The standard InChI is InChI=1S/C16H23NO2S/c1-2-19-14-10-8-13(9-11-14)17-16(18)12-20-15-6-4-3-5-7-15/h8-11,15H,2-7,12H2,1H3,(H,17,18). The zero-order valence-electron chi connectivity index (χ0n) is 12.1. The summed E-state index contributed by atoms with van der Waals surface area (Å²) in [6.45, 7) is 2.61. The number of nitrogens with one attached hydrogen (secondary N) is 1. The summed E-state index contributed by atoms with van der Waals surface area (Å²) < 4.78 is 5.38. The molecule has 1 amide bonds. The Kier molecular flexibility index (Phi) is 6.25. The highest BCUT2D eigenvalue weighted by molar-refractivity contribution is 8.00. The van der Waals surface area contributed by atoms with Crippen LogP contribution in [0.25, 0.3) is 0 Å². The van der Waals surface area contributed by atoms with Gasteiger partial charge < -0.3 is 10.1 Å². The summed E-state index contributed by atoms with van der Waals surface area (Å²) in [6.07, 6.45) is 6.52. The van der Waals surface area contributed by atoms with Crippen molar-refractivity contribution < 1.29 is 9.53 Å². The fourth-order valence-electron chi connectivity index (χ4n) is 2.42. The van der Waals surface area contributed by atoms with Crippen LogP contribution in [0.3, 0.4) is 0 Å². The van der Waals surface area contributed by atoms with Crippen molar-refractivity contribution in [2.75, 3.05) is 17.7 Å². The average Bonchev–Trinajstić information content (AvgIpc) is 2.49. The van der Waals surface area contributed by atoms with Gasteiger partial charge in [0.2, 0.25) is 5.91 Å². The molecule has 0 aromatic heterocycles. The van der Waals surface area contributed by atoms with Crippen LogP contribution in [-0.2, 0) is 4.79 Å². The highest BCUT2D eigenvalue weighted by atomic mass is 32.2. The molecule has 0 spiro atoms. The first-order valence-corrected chi connectivity index (χ1v) is 8.47. The van der Waals surface area contributed by atoms with Crippen molar-refractivity contribution in [2.45, 2.75) is 44.3 Å². The molecule has 1 N–H and O–H groups in total. The number of carbonyl (C=O) groups is 1. The number of thioether (sulfide) groups is 1. The maximum absolute atomic E-state index is 11.9. The van der Waals surface area contributed by atoms with Gasteiger partial charge in [-0.15, -0.1) is 11.8 Å². The number of hydrogen-bond donors (Lipinski definition) is 1. The van der Waals surface area contributed by atoms with Crippen LogP contribution in [0.1, 0.15) is 39.0 Å². The molecule has 1 aromatic carbocycles. The molecule has 0 saturated heterocycles. The van der Waals surface area contributed by atoms with E-state index in [0.29, 0.717) is 17.6 Å². The van der Waals surface area contributed by atoms with Gasteiger partial charge in [0.25, 0.3) is 0 Å². The van der Waals surface area contributed by atoms with E-state index in [4.69, 9.17) is 4.74 Å². The van der Waals surface area contributed by atoms with Crippen LogP contribution in [-0.4, -0.2) is 23.5 Å². The van der Waals surface area contributed by atoms with E-state index >= 15 is 0 Å². The molecule has 1 aliphatic carbocycles. The Balaban J connectivity index is 1.73. The lowest BCUT2D eigenvalue weighted by Crippen LogP contribution is -2.17. The minimum Gasteiger partial charge on any atom is -0.494 e. The van der Waals surface area contributed by atoms with Gasteiger partial charge in [-0.2, -0.15) is 0 Å². The molecule has 0 radical (unpaired) electrons. The minimum absolute atomic E-state index is 0.0877. The smallest absolute Gasteiger partial charge is 0.234 e. The Labute approximate surface area is 125 Å². The van der Waals surface area contributed by atoms with Crippen LogP contribution in [0.15, 0.2) is 24.3 Å². The van der Waals surface area contributed by atoms with E-state index in [1.165, 1.54) is 32.1 Å². The minimum atomic E-state index is 0.0877. The number of ether oxygens (including phenoxy) is 1. The maximum Gasteiger partial charge on any atom is 0.234 e. The molecule has 1 aliphatic rings. The Morgan fingerprint density at radius 1 is 1.25 bits per heavy atom. The van der Waals surface area contributed by atoms with Crippen molar-refractivity contribution in [2.24, 2.45) is 0 Å². The van der Waals surface area contributed by atoms with Gasteiger partial charge in [-0.25, -0.2) is 0 Å². The number of rotatable bonds is 6. The number of amides is 1. The Bertz CT molecular complexity index is 413. The van der Waals surface area contributed by atoms with Crippen molar-refractivity contribution in [3.63, 3.8) is 0 Å². The molecule has 0 atom stereocenters. The predicted molar refractivity (Wildman–Crippen MR) is 85.6 cm³/mol. The van der Waals surface area contributed by atoms with Crippen molar-refractivity contribution in [1.29, 1.82) is 0 Å². The number of hydrogen-bond acceptors (Lipinski definition) is 3. The van der Waals surface area contributed by atoms with E-state index in [1.54, 1.807) is 11.8 Å². The quantitative estimate of drug-likeness (QED) is 0.858. The van der Waals surface area contributed by atoms with Gasteiger partial charge in [-0.05, 0) is 44.0 Å². The van der Waals surface area contributed by atoms with Gasteiger partial charge in [-0.1, -0.05) is 19.3 Å². The van der Waals surface area contributed by atoms with Gasteiger partial charge in [0, 0.05) is 10.9 Å². The molecule has 4 heteroatoms. The van der Waals surface area contributed by atoms with Crippen molar-refractivity contribution >= 4 is 23.4 Å². The number of anilines is 1. The van der Waals surface area contributed by atoms with Gasteiger partial charge >= 0.3 is 0 Å². The molecular weight excluding hydrogens is 270 g/mol. The molecule has 3 nitrogen and oxygen atoms in total.